The van der Waals surface area contributed by atoms with Crippen molar-refractivity contribution in [2.24, 2.45) is 0 Å². The Hall–Kier alpha value is -5.29. The monoisotopic (exact) mass is 552 g/mol. The molecule has 10 rings (SSSR count). The smallest absolute Gasteiger partial charge is 0.260 e. The highest BCUT2D eigenvalue weighted by molar-refractivity contribution is 6.98. The zero-order valence-corrected chi connectivity index (χ0v) is 23.8. The molecule has 5 aromatic carbocycles. The maximum atomic E-state index is 6.68. The van der Waals surface area contributed by atoms with E-state index in [1.54, 1.807) is 0 Å². The van der Waals surface area contributed by atoms with Gasteiger partial charge in [0.25, 0.3) is 6.71 Å². The van der Waals surface area contributed by atoms with E-state index in [0.29, 0.717) is 0 Å². The number of rotatable bonds is 1. The van der Waals surface area contributed by atoms with Gasteiger partial charge in [0.15, 0.2) is 0 Å². The molecule has 0 spiro atoms. The first-order valence-electron chi connectivity index (χ1n) is 14.8. The molecule has 2 aromatic heterocycles. The first-order chi connectivity index (χ1) is 21.1. The molecule has 7 aromatic rings. The molecule has 0 saturated carbocycles. The van der Waals surface area contributed by atoms with Gasteiger partial charge in [-0.05, 0) is 51.4 Å². The average molecular weight is 552 g/mol. The summed E-state index contributed by atoms with van der Waals surface area (Å²) in [5.41, 5.74) is 11.9. The molecule has 202 valence electrons. The Morgan fingerprint density at radius 2 is 1.35 bits per heavy atom. The van der Waals surface area contributed by atoms with Crippen molar-refractivity contribution in [1.29, 1.82) is 0 Å². The maximum absolute atomic E-state index is 6.68. The molecular weight excluding hydrogens is 527 g/mol. The predicted octanol–water partition coefficient (Wildman–Crippen LogP) is 7.21. The fourth-order valence-electron chi connectivity index (χ4n) is 7.98. The fourth-order valence-corrected chi connectivity index (χ4v) is 7.98. The summed E-state index contributed by atoms with van der Waals surface area (Å²) >= 11 is 0. The number of nitrogens with zero attached hydrogens (tertiary/aromatic N) is 2. The Balaban J connectivity index is 1.31. The van der Waals surface area contributed by atoms with Gasteiger partial charge in [0, 0.05) is 46.2 Å². The Labute approximate surface area is 249 Å². The van der Waals surface area contributed by atoms with Crippen molar-refractivity contribution in [2.45, 2.75) is 19.3 Å². The van der Waals surface area contributed by atoms with Crippen LogP contribution in [0.5, 0.6) is 23.0 Å². The van der Waals surface area contributed by atoms with Gasteiger partial charge in [-0.25, -0.2) is 0 Å². The summed E-state index contributed by atoms with van der Waals surface area (Å²) in [5, 5.41) is 2.33. The molecule has 0 bridgehead atoms. The summed E-state index contributed by atoms with van der Waals surface area (Å²) in [7, 11) is 0. The lowest BCUT2D eigenvalue weighted by Crippen LogP contribution is -2.57. The van der Waals surface area contributed by atoms with Crippen LogP contribution >= 0.6 is 0 Å². The van der Waals surface area contributed by atoms with Gasteiger partial charge in [0.2, 0.25) is 0 Å². The molecule has 2 aliphatic heterocycles. The predicted molar refractivity (Wildman–Crippen MR) is 174 cm³/mol. The molecule has 0 atom stereocenters. The topological polar surface area (TPSA) is 36.3 Å². The van der Waals surface area contributed by atoms with Crippen LogP contribution in [0.2, 0.25) is 0 Å². The molecule has 0 amide bonds. The minimum Gasteiger partial charge on any atom is -0.458 e. The molecule has 3 aliphatic rings. The van der Waals surface area contributed by atoms with Crippen LogP contribution < -0.4 is 25.9 Å². The van der Waals surface area contributed by atoms with E-state index in [-0.39, 0.29) is 12.1 Å². The van der Waals surface area contributed by atoms with Crippen molar-refractivity contribution in [3.8, 4) is 39.8 Å². The summed E-state index contributed by atoms with van der Waals surface area (Å²) in [4.78, 5) is 4.55. The van der Waals surface area contributed by atoms with Gasteiger partial charge in [-0.2, -0.15) is 0 Å². The van der Waals surface area contributed by atoms with E-state index >= 15 is 0 Å². The lowest BCUT2D eigenvalue weighted by molar-refractivity contribution is 0.464. The van der Waals surface area contributed by atoms with E-state index in [2.05, 4.69) is 114 Å². The second-order valence-electron chi connectivity index (χ2n) is 12.4. The van der Waals surface area contributed by atoms with Crippen molar-refractivity contribution in [2.75, 3.05) is 0 Å². The average Bonchev–Trinajstić information content (AvgIpc) is 3.49. The third-order valence-electron chi connectivity index (χ3n) is 9.78. The van der Waals surface area contributed by atoms with E-state index in [0.717, 1.165) is 45.1 Å². The van der Waals surface area contributed by atoms with Crippen LogP contribution in [0.1, 0.15) is 25.0 Å². The number of ether oxygens (including phenoxy) is 2. The molecule has 4 nitrogen and oxygen atoms in total. The van der Waals surface area contributed by atoms with Gasteiger partial charge in [0.05, 0.1) is 16.7 Å². The van der Waals surface area contributed by atoms with Gasteiger partial charge in [-0.15, -0.1) is 0 Å². The highest BCUT2D eigenvalue weighted by Crippen LogP contribution is 2.53. The first-order valence-corrected chi connectivity index (χ1v) is 14.8. The van der Waals surface area contributed by atoms with Crippen molar-refractivity contribution in [3.63, 3.8) is 0 Å². The molecule has 1 aliphatic carbocycles. The molecular formula is C38H25BN2O2. The molecule has 0 saturated heterocycles. The normalized spacial score (nSPS) is 14.8. The van der Waals surface area contributed by atoms with Crippen molar-refractivity contribution >= 4 is 44.9 Å². The number of aromatic nitrogens is 2. The molecule has 0 unspecified atom stereocenters. The van der Waals surface area contributed by atoms with E-state index in [1.165, 1.54) is 44.1 Å². The minimum absolute atomic E-state index is 0.0500. The van der Waals surface area contributed by atoms with Gasteiger partial charge in [0.1, 0.15) is 23.0 Å². The maximum Gasteiger partial charge on any atom is 0.260 e. The standard InChI is InChI=1S/C38H25BN2O2/c1-38(2)27-10-4-3-9-23(27)24-15-16-25-26-21-40-18-17-30(26)41(37(25)35(24)38)22-19-33-36-34(20-22)43-32-14-8-6-12-29(32)39(36)28-11-5-7-13-31(28)42-33/h3-21H,1-2H3. The largest absolute Gasteiger partial charge is 0.458 e. The van der Waals surface area contributed by atoms with Crippen LogP contribution in [0.4, 0.5) is 0 Å². The Morgan fingerprint density at radius 3 is 2.09 bits per heavy atom. The summed E-state index contributed by atoms with van der Waals surface area (Å²) < 4.78 is 15.8. The van der Waals surface area contributed by atoms with Crippen LogP contribution in [-0.4, -0.2) is 16.3 Å². The molecule has 0 N–H and O–H groups in total. The van der Waals surface area contributed by atoms with Crippen molar-refractivity contribution < 1.29 is 9.47 Å². The summed E-state index contributed by atoms with van der Waals surface area (Å²) in [6.45, 7) is 4.74. The molecule has 4 heterocycles. The third kappa shape index (κ3) is 2.89. The summed E-state index contributed by atoms with van der Waals surface area (Å²) in [6, 6.07) is 36.7. The highest BCUT2D eigenvalue weighted by Gasteiger charge is 2.41. The van der Waals surface area contributed by atoms with Gasteiger partial charge in [-0.3, -0.25) is 4.98 Å². The molecule has 43 heavy (non-hydrogen) atoms. The molecule has 5 heteroatoms. The third-order valence-corrected chi connectivity index (χ3v) is 9.78. The number of pyridine rings is 1. The first kappa shape index (κ1) is 23.3. The number of benzene rings is 5. The van der Waals surface area contributed by atoms with Crippen LogP contribution in [0.15, 0.2) is 116 Å². The van der Waals surface area contributed by atoms with Crippen molar-refractivity contribution in [3.05, 3.63) is 127 Å². The fraction of sp³-hybridized carbons (Fsp3) is 0.0789. The van der Waals surface area contributed by atoms with E-state index in [9.17, 15) is 0 Å². The van der Waals surface area contributed by atoms with Gasteiger partial charge < -0.3 is 14.0 Å². The zero-order valence-electron chi connectivity index (χ0n) is 23.8. The lowest BCUT2D eigenvalue weighted by atomic mass is 9.35. The Morgan fingerprint density at radius 1 is 0.674 bits per heavy atom. The van der Waals surface area contributed by atoms with Crippen LogP contribution in [0.25, 0.3) is 38.6 Å². The van der Waals surface area contributed by atoms with Gasteiger partial charge in [-0.1, -0.05) is 86.6 Å². The van der Waals surface area contributed by atoms with E-state index in [4.69, 9.17) is 9.47 Å². The second kappa shape index (κ2) is 7.96. The lowest BCUT2D eigenvalue weighted by Gasteiger charge is -2.33. The summed E-state index contributed by atoms with van der Waals surface area (Å²) in [6.07, 6.45) is 3.88. The van der Waals surface area contributed by atoms with E-state index in [1.807, 2.05) is 24.5 Å². The van der Waals surface area contributed by atoms with Gasteiger partial charge >= 0.3 is 0 Å². The van der Waals surface area contributed by atoms with E-state index < -0.39 is 0 Å². The minimum atomic E-state index is -0.177. The van der Waals surface area contributed by atoms with Crippen LogP contribution in [0.3, 0.4) is 0 Å². The number of hydrogen-bond acceptors (Lipinski definition) is 3. The van der Waals surface area contributed by atoms with Crippen molar-refractivity contribution in [1.82, 2.24) is 9.55 Å². The second-order valence-corrected chi connectivity index (χ2v) is 12.4. The Kier molecular flexibility index (Phi) is 4.31. The number of para-hydroxylation sites is 2. The summed E-state index contributed by atoms with van der Waals surface area (Å²) in [5.74, 6) is 3.46. The number of hydrogen-bond donors (Lipinski definition) is 0. The Bertz CT molecular complexity index is 2280. The molecule has 0 fully saturated rings. The van der Waals surface area contributed by atoms with Crippen LogP contribution in [0, 0.1) is 0 Å². The molecule has 0 radical (unpaired) electrons. The SMILES string of the molecule is CC1(C)c2ccccc2-c2ccc3c4cnccc4n(-c4cc5c6c(c4)Oc4ccccc4B6c4ccccc4O5)c3c21. The zero-order chi connectivity index (χ0) is 28.4. The quantitative estimate of drug-likeness (QED) is 0.202. The number of fused-ring (bicyclic) bond motifs is 11. The van der Waals surface area contributed by atoms with Crippen LogP contribution in [-0.2, 0) is 5.41 Å². The highest BCUT2D eigenvalue weighted by atomic mass is 16.5.